The Kier molecular flexibility index (Phi) is 7.20. The normalized spacial score (nSPS) is 16.3. The maximum atomic E-state index is 11.6. The maximum Gasteiger partial charge on any atom is 0.261 e. The number of carbonyl (C=O) groups excluding carboxylic acids is 1. The van der Waals surface area contributed by atoms with Crippen molar-refractivity contribution in [3.63, 3.8) is 0 Å². The van der Waals surface area contributed by atoms with E-state index < -0.39 is 10.1 Å². The van der Waals surface area contributed by atoms with Gasteiger partial charge in [0.25, 0.3) is 10.1 Å². The third-order valence-electron chi connectivity index (χ3n) is 5.62. The minimum Gasteiger partial charge on any atom is -0.353 e. The van der Waals surface area contributed by atoms with Gasteiger partial charge in [0.15, 0.2) is 0 Å². The van der Waals surface area contributed by atoms with Gasteiger partial charge in [0.05, 0.1) is 17.4 Å². The molecule has 3 heterocycles. The van der Waals surface area contributed by atoms with Crippen molar-refractivity contribution in [2.24, 2.45) is 0 Å². The van der Waals surface area contributed by atoms with E-state index in [1.807, 2.05) is 6.07 Å². The summed E-state index contributed by atoms with van der Waals surface area (Å²) in [6, 6.07) is 12.4. The fraction of sp³-hybridized carbons (Fsp3) is 0.364. The zero-order chi connectivity index (χ0) is 23.6. The van der Waals surface area contributed by atoms with Gasteiger partial charge in [-0.25, -0.2) is 0 Å². The van der Waals surface area contributed by atoms with E-state index in [0.29, 0.717) is 12.7 Å². The van der Waals surface area contributed by atoms with Gasteiger partial charge in [-0.3, -0.25) is 14.2 Å². The summed E-state index contributed by atoms with van der Waals surface area (Å²) < 4.78 is 31.8. The summed E-state index contributed by atoms with van der Waals surface area (Å²) in [6.45, 7) is 5.00. The van der Waals surface area contributed by atoms with Crippen LogP contribution in [0.15, 0.2) is 36.4 Å². The number of halogens is 1. The molecule has 0 atom stereocenters. The molecule has 1 fully saturated rings. The first-order valence-corrected chi connectivity index (χ1v) is 13.5. The van der Waals surface area contributed by atoms with Gasteiger partial charge in [0.2, 0.25) is 5.91 Å². The van der Waals surface area contributed by atoms with E-state index in [1.165, 1.54) is 10.1 Å². The highest BCUT2D eigenvalue weighted by Gasteiger charge is 2.22. The highest BCUT2D eigenvalue weighted by Crippen LogP contribution is 2.31. The molecule has 1 amide bonds. The number of hydrogen-bond donors (Lipinski definition) is 2. The van der Waals surface area contributed by atoms with Crippen LogP contribution >= 0.6 is 23.1 Å². The number of aromatic nitrogens is 1. The van der Waals surface area contributed by atoms with Crippen LogP contribution in [-0.2, 0) is 27.8 Å². The molecule has 2 N–H and O–H groups in total. The average Bonchev–Trinajstić information content (AvgIpc) is 3.33. The number of anilines is 2. The second kappa shape index (κ2) is 9.94. The Balaban J connectivity index is 0.000000471. The number of nitrogens with one attached hydrogen (secondary N) is 1. The van der Waals surface area contributed by atoms with Crippen molar-refractivity contribution in [2.45, 2.75) is 12.8 Å². The second-order valence-corrected chi connectivity index (χ2v) is 10.8. The topological polar surface area (TPSA) is 103 Å². The molecule has 2 aliphatic rings. The minimum atomic E-state index is -3.67. The molecule has 0 spiro atoms. The second-order valence-electron chi connectivity index (χ2n) is 8.14. The van der Waals surface area contributed by atoms with E-state index in [9.17, 15) is 13.2 Å². The van der Waals surface area contributed by atoms with Gasteiger partial charge >= 0.3 is 0 Å². The zero-order valence-corrected chi connectivity index (χ0v) is 20.5. The zero-order valence-electron chi connectivity index (χ0n) is 18.1. The SMILES string of the molecule is CS(=O)(=O)O.O=C1Cc2cc(CCN3CCN(c4nsc5ccccc45)CC3)c(Cl)cc2N1. The first kappa shape index (κ1) is 23.9. The number of amides is 1. The Labute approximate surface area is 202 Å². The lowest BCUT2D eigenvalue weighted by atomic mass is 10.1. The van der Waals surface area contributed by atoms with Crippen molar-refractivity contribution < 1.29 is 17.8 Å². The van der Waals surface area contributed by atoms with Crippen molar-refractivity contribution in [1.82, 2.24) is 9.27 Å². The molecule has 8 nitrogen and oxygen atoms in total. The van der Waals surface area contributed by atoms with Gasteiger partial charge in [0.1, 0.15) is 5.82 Å². The third kappa shape index (κ3) is 6.21. The maximum absolute atomic E-state index is 11.6. The number of nitrogens with zero attached hydrogens (tertiary/aromatic N) is 3. The van der Waals surface area contributed by atoms with Crippen molar-refractivity contribution in [1.29, 1.82) is 0 Å². The summed E-state index contributed by atoms with van der Waals surface area (Å²) in [5, 5.41) is 4.86. The van der Waals surface area contributed by atoms with Gasteiger partial charge in [-0.15, -0.1) is 0 Å². The number of hydrogen-bond acceptors (Lipinski definition) is 7. The Morgan fingerprint density at radius 3 is 2.61 bits per heavy atom. The lowest BCUT2D eigenvalue weighted by Gasteiger charge is -2.35. The fourth-order valence-corrected chi connectivity index (χ4v) is 5.11. The number of piperazine rings is 1. The van der Waals surface area contributed by atoms with Gasteiger partial charge in [-0.05, 0) is 47.3 Å². The number of benzene rings is 2. The summed E-state index contributed by atoms with van der Waals surface area (Å²) >= 11 is 8.01. The van der Waals surface area contributed by atoms with E-state index in [1.54, 1.807) is 11.5 Å². The molecule has 1 aromatic heterocycles. The highest BCUT2D eigenvalue weighted by molar-refractivity contribution is 7.85. The molecular formula is C22H25ClN4O4S2. The predicted octanol–water partition coefficient (Wildman–Crippen LogP) is 3.31. The van der Waals surface area contributed by atoms with E-state index in [4.69, 9.17) is 16.2 Å². The monoisotopic (exact) mass is 508 g/mol. The number of rotatable bonds is 4. The van der Waals surface area contributed by atoms with Crippen LogP contribution in [0.3, 0.4) is 0 Å². The molecule has 11 heteroatoms. The molecule has 0 bridgehead atoms. The summed E-state index contributed by atoms with van der Waals surface area (Å²) in [7, 11) is -3.67. The van der Waals surface area contributed by atoms with Crippen LogP contribution < -0.4 is 10.2 Å². The summed E-state index contributed by atoms with van der Waals surface area (Å²) in [4.78, 5) is 16.4. The first-order valence-electron chi connectivity index (χ1n) is 10.5. The fourth-order valence-electron chi connectivity index (χ4n) is 4.05. The first-order chi connectivity index (χ1) is 15.7. The molecule has 0 saturated carbocycles. The van der Waals surface area contributed by atoms with E-state index in [2.05, 4.69) is 49.8 Å². The van der Waals surface area contributed by atoms with Gasteiger partial charge in [-0.2, -0.15) is 12.8 Å². The van der Waals surface area contributed by atoms with Crippen LogP contribution in [0.5, 0.6) is 0 Å². The molecule has 1 saturated heterocycles. The van der Waals surface area contributed by atoms with Crippen molar-refractivity contribution in [3.8, 4) is 0 Å². The predicted molar refractivity (Wildman–Crippen MR) is 133 cm³/mol. The molecule has 176 valence electrons. The van der Waals surface area contributed by atoms with Crippen LogP contribution in [0.2, 0.25) is 5.02 Å². The Bertz CT molecular complexity index is 1260. The van der Waals surface area contributed by atoms with Gasteiger partial charge in [-0.1, -0.05) is 29.8 Å². The lowest BCUT2D eigenvalue weighted by Crippen LogP contribution is -2.47. The van der Waals surface area contributed by atoms with Gasteiger partial charge in [0, 0.05) is 48.8 Å². The molecule has 0 unspecified atom stereocenters. The van der Waals surface area contributed by atoms with Crippen LogP contribution in [0.25, 0.3) is 10.1 Å². The van der Waals surface area contributed by atoms with Crippen LogP contribution in [0.1, 0.15) is 11.1 Å². The lowest BCUT2D eigenvalue weighted by molar-refractivity contribution is -0.115. The molecule has 2 aromatic carbocycles. The molecule has 5 rings (SSSR count). The van der Waals surface area contributed by atoms with E-state index >= 15 is 0 Å². The van der Waals surface area contributed by atoms with Crippen LogP contribution in [0.4, 0.5) is 11.5 Å². The molecular weight excluding hydrogens is 484 g/mol. The summed E-state index contributed by atoms with van der Waals surface area (Å²) in [5.41, 5.74) is 3.05. The molecule has 0 radical (unpaired) electrons. The Morgan fingerprint density at radius 2 is 1.88 bits per heavy atom. The summed E-state index contributed by atoms with van der Waals surface area (Å²) in [6.07, 6.45) is 2.08. The van der Waals surface area contributed by atoms with Gasteiger partial charge < -0.3 is 10.2 Å². The Hall–Kier alpha value is -2.24. The standard InChI is InChI=1S/C21H21ClN4OS.CH4O3S/c22-17-13-18-15(12-20(27)23-18)11-14(17)5-6-25-7-9-26(10-8-25)21-16-3-1-2-4-19(16)28-24-21;1-5(2,3)4/h1-4,11,13H,5-10,12H2,(H,23,27);1H3,(H,2,3,4). The minimum absolute atomic E-state index is 0.0499. The smallest absolute Gasteiger partial charge is 0.261 e. The molecule has 2 aliphatic heterocycles. The Morgan fingerprint density at radius 1 is 1.18 bits per heavy atom. The molecule has 3 aromatic rings. The number of carbonyl (C=O) groups is 1. The van der Waals surface area contributed by atoms with Crippen LogP contribution in [0, 0.1) is 0 Å². The highest BCUT2D eigenvalue weighted by atomic mass is 35.5. The molecule has 0 aliphatic carbocycles. The van der Waals surface area contributed by atoms with E-state index in [0.717, 1.165) is 66.8 Å². The van der Waals surface area contributed by atoms with E-state index in [-0.39, 0.29) is 5.91 Å². The molecule has 33 heavy (non-hydrogen) atoms. The van der Waals surface area contributed by atoms with Crippen molar-refractivity contribution in [2.75, 3.05) is 49.2 Å². The third-order valence-corrected chi connectivity index (χ3v) is 6.79. The quantitative estimate of drug-likeness (QED) is 0.521. The average molecular weight is 509 g/mol. The van der Waals surface area contributed by atoms with Crippen molar-refractivity contribution >= 4 is 60.8 Å². The summed E-state index contributed by atoms with van der Waals surface area (Å²) in [5.74, 6) is 1.17. The van der Waals surface area contributed by atoms with Crippen LogP contribution in [-0.4, -0.2) is 67.1 Å². The van der Waals surface area contributed by atoms with Crippen molar-refractivity contribution in [3.05, 3.63) is 52.5 Å². The number of fused-ring (bicyclic) bond motifs is 2. The largest absolute Gasteiger partial charge is 0.353 e.